The lowest BCUT2D eigenvalue weighted by atomic mass is 10.1. The predicted molar refractivity (Wildman–Crippen MR) is 75.5 cm³/mol. The molecular formula is C14H13ClO3S. The van der Waals surface area contributed by atoms with Crippen molar-refractivity contribution in [2.45, 2.75) is 18.7 Å². The van der Waals surface area contributed by atoms with E-state index in [2.05, 4.69) is 0 Å². The maximum absolute atomic E-state index is 11.3. The fourth-order valence-corrected chi connectivity index (χ4v) is 2.42. The second-order valence-corrected chi connectivity index (χ2v) is 6.85. The average molecular weight is 297 g/mol. The zero-order valence-electron chi connectivity index (χ0n) is 10.6. The number of hydrogen-bond donors (Lipinski definition) is 0. The molecule has 2 rings (SSSR count). The second-order valence-electron chi connectivity index (χ2n) is 4.28. The minimum absolute atomic E-state index is 0.0250. The molecule has 3 nitrogen and oxygen atoms in total. The van der Waals surface area contributed by atoms with E-state index < -0.39 is 9.05 Å². The van der Waals surface area contributed by atoms with Gasteiger partial charge in [-0.3, -0.25) is 0 Å². The maximum atomic E-state index is 11.3. The van der Waals surface area contributed by atoms with Crippen LogP contribution in [0.15, 0.2) is 47.4 Å². The highest BCUT2D eigenvalue weighted by atomic mass is 35.7. The van der Waals surface area contributed by atoms with Crippen LogP contribution in [0.4, 0.5) is 0 Å². The van der Waals surface area contributed by atoms with Crippen molar-refractivity contribution in [3.05, 3.63) is 53.6 Å². The molecule has 0 saturated heterocycles. The molecule has 0 unspecified atom stereocenters. The molecule has 0 aromatic heterocycles. The molecule has 0 radical (unpaired) electrons. The van der Waals surface area contributed by atoms with E-state index in [1.165, 1.54) is 12.1 Å². The lowest BCUT2D eigenvalue weighted by Gasteiger charge is -2.10. The fraction of sp³-hybridized carbons (Fsp3) is 0.143. The summed E-state index contributed by atoms with van der Waals surface area (Å²) in [5, 5.41) is 0. The lowest BCUT2D eigenvalue weighted by molar-refractivity contribution is 0.476. The Hall–Kier alpha value is -1.52. The van der Waals surface area contributed by atoms with Crippen LogP contribution in [0, 0.1) is 13.8 Å². The Kier molecular flexibility index (Phi) is 3.83. The third-order valence-corrected chi connectivity index (χ3v) is 4.01. The Morgan fingerprint density at radius 1 is 1.05 bits per heavy atom. The Bertz CT molecular complexity index is 708. The summed E-state index contributed by atoms with van der Waals surface area (Å²) in [7, 11) is 1.56. The van der Waals surface area contributed by atoms with Gasteiger partial charge in [0.2, 0.25) is 0 Å². The van der Waals surface area contributed by atoms with Crippen molar-refractivity contribution in [1.82, 2.24) is 0 Å². The van der Waals surface area contributed by atoms with Crippen LogP contribution < -0.4 is 4.74 Å². The highest BCUT2D eigenvalue weighted by Crippen LogP contribution is 2.28. The van der Waals surface area contributed by atoms with Crippen molar-refractivity contribution < 1.29 is 13.2 Å². The van der Waals surface area contributed by atoms with Crippen LogP contribution in [0.25, 0.3) is 0 Å². The molecule has 0 atom stereocenters. The molecule has 0 bridgehead atoms. The second kappa shape index (κ2) is 5.23. The molecule has 0 amide bonds. The molecule has 19 heavy (non-hydrogen) atoms. The highest BCUT2D eigenvalue weighted by molar-refractivity contribution is 8.13. The van der Waals surface area contributed by atoms with E-state index in [4.69, 9.17) is 15.4 Å². The normalized spacial score (nSPS) is 11.3. The standard InChI is InChI=1S/C14H13ClO3S/c1-10-6-7-11(2)14(8-10)18-12-4-3-5-13(9-12)19(15,16)17/h3-9H,1-2H3. The SMILES string of the molecule is Cc1ccc(C)c(Oc2cccc(S(=O)(=O)Cl)c2)c1. The molecule has 0 aliphatic carbocycles. The van der Waals surface area contributed by atoms with Crippen molar-refractivity contribution in [2.75, 3.05) is 0 Å². The van der Waals surface area contributed by atoms with Gasteiger partial charge in [-0.05, 0) is 43.2 Å². The molecular weight excluding hydrogens is 284 g/mol. The van der Waals surface area contributed by atoms with Crippen molar-refractivity contribution in [3.8, 4) is 11.5 Å². The molecule has 0 spiro atoms. The van der Waals surface area contributed by atoms with Crippen LogP contribution in [0.1, 0.15) is 11.1 Å². The summed E-state index contributed by atoms with van der Waals surface area (Å²) in [6.45, 7) is 3.89. The first-order chi connectivity index (χ1) is 8.86. The first-order valence-corrected chi connectivity index (χ1v) is 7.97. The van der Waals surface area contributed by atoms with E-state index in [0.29, 0.717) is 11.5 Å². The van der Waals surface area contributed by atoms with Gasteiger partial charge < -0.3 is 4.74 Å². The average Bonchev–Trinajstić information content (AvgIpc) is 2.33. The Balaban J connectivity index is 2.36. The topological polar surface area (TPSA) is 43.4 Å². The summed E-state index contributed by atoms with van der Waals surface area (Å²) in [5.41, 5.74) is 2.05. The van der Waals surface area contributed by atoms with E-state index in [1.807, 2.05) is 32.0 Å². The zero-order chi connectivity index (χ0) is 14.0. The Morgan fingerprint density at radius 2 is 1.79 bits per heavy atom. The minimum atomic E-state index is -3.74. The minimum Gasteiger partial charge on any atom is -0.457 e. The third kappa shape index (κ3) is 3.49. The molecule has 0 fully saturated rings. The molecule has 0 N–H and O–H groups in total. The van der Waals surface area contributed by atoms with Crippen LogP contribution >= 0.6 is 10.7 Å². The number of aryl methyl sites for hydroxylation is 2. The molecule has 0 aliphatic rings. The van der Waals surface area contributed by atoms with Gasteiger partial charge in [-0.15, -0.1) is 0 Å². The van der Waals surface area contributed by atoms with Crippen LogP contribution in [0.2, 0.25) is 0 Å². The number of ether oxygens (including phenoxy) is 1. The first-order valence-electron chi connectivity index (χ1n) is 5.66. The summed E-state index contributed by atoms with van der Waals surface area (Å²) in [5.74, 6) is 1.14. The Morgan fingerprint density at radius 3 is 2.47 bits per heavy atom. The van der Waals surface area contributed by atoms with Crippen molar-refractivity contribution in [2.24, 2.45) is 0 Å². The molecule has 0 aliphatic heterocycles. The van der Waals surface area contributed by atoms with Gasteiger partial charge in [0.05, 0.1) is 4.90 Å². The fourth-order valence-electron chi connectivity index (χ4n) is 1.63. The predicted octanol–water partition coefficient (Wildman–Crippen LogP) is 4.02. The Labute approximate surface area is 117 Å². The highest BCUT2D eigenvalue weighted by Gasteiger charge is 2.11. The van der Waals surface area contributed by atoms with E-state index in [1.54, 1.807) is 12.1 Å². The molecule has 2 aromatic rings. The monoisotopic (exact) mass is 296 g/mol. The largest absolute Gasteiger partial charge is 0.457 e. The molecule has 2 aromatic carbocycles. The van der Waals surface area contributed by atoms with E-state index >= 15 is 0 Å². The van der Waals surface area contributed by atoms with E-state index in [-0.39, 0.29) is 4.90 Å². The summed E-state index contributed by atoms with van der Waals surface area (Å²) < 4.78 is 28.2. The number of rotatable bonds is 3. The zero-order valence-corrected chi connectivity index (χ0v) is 12.1. The lowest BCUT2D eigenvalue weighted by Crippen LogP contribution is -1.93. The summed E-state index contributed by atoms with van der Waals surface area (Å²) in [6, 6.07) is 12.0. The van der Waals surface area contributed by atoms with Crippen molar-refractivity contribution in [1.29, 1.82) is 0 Å². The first kappa shape index (κ1) is 13.9. The van der Waals surface area contributed by atoms with Crippen LogP contribution in [0.3, 0.4) is 0 Å². The van der Waals surface area contributed by atoms with E-state index in [9.17, 15) is 8.42 Å². The van der Waals surface area contributed by atoms with Crippen LogP contribution in [-0.4, -0.2) is 8.42 Å². The molecule has 0 saturated carbocycles. The van der Waals surface area contributed by atoms with E-state index in [0.717, 1.165) is 11.1 Å². The van der Waals surface area contributed by atoms with Crippen molar-refractivity contribution in [3.63, 3.8) is 0 Å². The third-order valence-electron chi connectivity index (χ3n) is 2.66. The van der Waals surface area contributed by atoms with Crippen molar-refractivity contribution >= 4 is 19.7 Å². The van der Waals surface area contributed by atoms with Gasteiger partial charge in [-0.25, -0.2) is 8.42 Å². The number of benzene rings is 2. The summed E-state index contributed by atoms with van der Waals surface area (Å²) in [4.78, 5) is 0.0250. The summed E-state index contributed by atoms with van der Waals surface area (Å²) >= 11 is 0. The van der Waals surface area contributed by atoms with Gasteiger partial charge in [0.25, 0.3) is 9.05 Å². The van der Waals surface area contributed by atoms with Gasteiger partial charge in [0, 0.05) is 16.7 Å². The maximum Gasteiger partial charge on any atom is 0.261 e. The van der Waals surface area contributed by atoms with Gasteiger partial charge in [0.1, 0.15) is 11.5 Å². The quantitative estimate of drug-likeness (QED) is 0.803. The smallest absolute Gasteiger partial charge is 0.261 e. The van der Waals surface area contributed by atoms with Gasteiger partial charge in [-0.2, -0.15) is 0 Å². The van der Waals surface area contributed by atoms with Gasteiger partial charge in [0.15, 0.2) is 0 Å². The van der Waals surface area contributed by atoms with Gasteiger partial charge >= 0.3 is 0 Å². The molecule has 0 heterocycles. The van der Waals surface area contributed by atoms with Crippen LogP contribution in [-0.2, 0) is 9.05 Å². The summed E-state index contributed by atoms with van der Waals surface area (Å²) in [6.07, 6.45) is 0. The number of hydrogen-bond acceptors (Lipinski definition) is 3. The molecule has 100 valence electrons. The van der Waals surface area contributed by atoms with Gasteiger partial charge in [-0.1, -0.05) is 18.2 Å². The van der Waals surface area contributed by atoms with Crippen LogP contribution in [0.5, 0.6) is 11.5 Å². The molecule has 5 heteroatoms. The number of halogens is 1.